The first-order valence-electron chi connectivity index (χ1n) is 5.35. The molecule has 1 aromatic heterocycles. The van der Waals surface area contributed by atoms with Gasteiger partial charge in [0.05, 0.1) is 6.26 Å². The van der Waals surface area contributed by atoms with Crippen molar-refractivity contribution in [2.45, 2.75) is 6.42 Å². The Hall–Kier alpha value is -2.23. The third kappa shape index (κ3) is 3.11. The van der Waals surface area contributed by atoms with E-state index in [1.54, 1.807) is 18.4 Å². The Balaban J connectivity index is 1.85. The van der Waals surface area contributed by atoms with Gasteiger partial charge in [-0.15, -0.1) is 0 Å². The van der Waals surface area contributed by atoms with E-state index in [2.05, 4.69) is 5.32 Å². The van der Waals surface area contributed by atoms with E-state index in [1.807, 2.05) is 12.1 Å². The minimum absolute atomic E-state index is 0.0867. The predicted molar refractivity (Wildman–Crippen MR) is 62.9 cm³/mol. The molecule has 1 amide bonds. The van der Waals surface area contributed by atoms with Crippen LogP contribution in [0.5, 0.6) is 5.75 Å². The van der Waals surface area contributed by atoms with Crippen LogP contribution in [0.25, 0.3) is 0 Å². The van der Waals surface area contributed by atoms with Gasteiger partial charge < -0.3 is 14.8 Å². The molecule has 0 aliphatic carbocycles. The van der Waals surface area contributed by atoms with Gasteiger partial charge in [0, 0.05) is 18.5 Å². The summed E-state index contributed by atoms with van der Waals surface area (Å²) in [6.07, 6.45) is 2.25. The summed E-state index contributed by atoms with van der Waals surface area (Å²) < 4.78 is 5.15. The topological polar surface area (TPSA) is 62.5 Å². The lowest BCUT2D eigenvalue weighted by atomic mass is 10.2. The smallest absolute Gasteiger partial charge is 0.251 e. The van der Waals surface area contributed by atoms with E-state index in [1.165, 1.54) is 12.1 Å². The summed E-state index contributed by atoms with van der Waals surface area (Å²) in [5.41, 5.74) is 0.449. The molecular formula is C13H13NO3. The predicted octanol–water partition coefficient (Wildman–Crippen LogP) is 1.96. The number of aromatic hydroxyl groups is 1. The molecule has 0 aliphatic heterocycles. The number of carbonyl (C=O) groups is 1. The van der Waals surface area contributed by atoms with E-state index < -0.39 is 0 Å². The highest BCUT2D eigenvalue weighted by Gasteiger charge is 2.05. The van der Waals surface area contributed by atoms with Gasteiger partial charge in [-0.1, -0.05) is 6.07 Å². The average Bonchev–Trinajstić information content (AvgIpc) is 2.82. The van der Waals surface area contributed by atoms with Crippen molar-refractivity contribution < 1.29 is 14.3 Å². The van der Waals surface area contributed by atoms with Crippen molar-refractivity contribution >= 4 is 5.91 Å². The summed E-state index contributed by atoms with van der Waals surface area (Å²) in [6, 6.07) is 9.92. The second kappa shape index (κ2) is 5.21. The number of nitrogens with one attached hydrogen (secondary N) is 1. The van der Waals surface area contributed by atoms with Crippen LogP contribution in [0.4, 0.5) is 0 Å². The second-order valence-electron chi connectivity index (χ2n) is 3.64. The van der Waals surface area contributed by atoms with Crippen LogP contribution in [0.3, 0.4) is 0 Å². The fourth-order valence-electron chi connectivity index (χ4n) is 1.50. The number of benzene rings is 1. The van der Waals surface area contributed by atoms with Crippen LogP contribution in [0.15, 0.2) is 47.1 Å². The molecule has 4 heteroatoms. The first-order chi connectivity index (χ1) is 8.25. The molecule has 0 saturated carbocycles. The van der Waals surface area contributed by atoms with E-state index >= 15 is 0 Å². The van der Waals surface area contributed by atoms with Gasteiger partial charge in [-0.05, 0) is 30.3 Å². The van der Waals surface area contributed by atoms with Gasteiger partial charge in [0.15, 0.2) is 0 Å². The zero-order valence-corrected chi connectivity index (χ0v) is 9.22. The van der Waals surface area contributed by atoms with E-state index in [-0.39, 0.29) is 11.7 Å². The molecule has 0 fully saturated rings. The first-order valence-corrected chi connectivity index (χ1v) is 5.35. The largest absolute Gasteiger partial charge is 0.508 e. The monoisotopic (exact) mass is 231 g/mol. The van der Waals surface area contributed by atoms with Crippen LogP contribution in [-0.2, 0) is 6.42 Å². The highest BCUT2D eigenvalue weighted by atomic mass is 16.3. The Bertz CT molecular complexity index is 491. The van der Waals surface area contributed by atoms with E-state index in [0.717, 1.165) is 5.76 Å². The molecule has 0 saturated heterocycles. The molecule has 2 N–H and O–H groups in total. The molecule has 1 heterocycles. The van der Waals surface area contributed by atoms with Gasteiger partial charge in [0.2, 0.25) is 0 Å². The van der Waals surface area contributed by atoms with Crippen LogP contribution in [-0.4, -0.2) is 17.6 Å². The molecule has 17 heavy (non-hydrogen) atoms. The molecule has 0 radical (unpaired) electrons. The molecule has 4 nitrogen and oxygen atoms in total. The maximum atomic E-state index is 11.7. The lowest BCUT2D eigenvalue weighted by Crippen LogP contribution is -2.25. The molecule has 2 aromatic rings. The summed E-state index contributed by atoms with van der Waals surface area (Å²) in [5, 5.41) is 12.0. The summed E-state index contributed by atoms with van der Waals surface area (Å²) in [6.45, 7) is 0.502. The lowest BCUT2D eigenvalue weighted by molar-refractivity contribution is 0.0953. The Morgan fingerprint density at radius 2 is 2.18 bits per heavy atom. The molecule has 2 rings (SSSR count). The Morgan fingerprint density at radius 3 is 2.88 bits per heavy atom. The van der Waals surface area contributed by atoms with Crippen molar-refractivity contribution in [3.05, 3.63) is 54.0 Å². The highest BCUT2D eigenvalue weighted by Crippen LogP contribution is 2.10. The molecule has 88 valence electrons. The van der Waals surface area contributed by atoms with Crippen LogP contribution in [0, 0.1) is 0 Å². The fraction of sp³-hybridized carbons (Fsp3) is 0.154. The van der Waals surface area contributed by atoms with Crippen LogP contribution in [0.2, 0.25) is 0 Å². The molecule has 0 unspecified atom stereocenters. The second-order valence-corrected chi connectivity index (χ2v) is 3.64. The number of phenols is 1. The molecule has 0 spiro atoms. The van der Waals surface area contributed by atoms with Crippen molar-refractivity contribution in [3.8, 4) is 5.75 Å². The standard InChI is InChI=1S/C13H13NO3/c15-11-4-1-3-10(9-11)13(16)14-7-6-12-5-2-8-17-12/h1-5,8-9,15H,6-7H2,(H,14,16). The maximum absolute atomic E-state index is 11.7. The van der Waals surface area contributed by atoms with E-state index in [0.29, 0.717) is 18.5 Å². The molecule has 1 aromatic carbocycles. The van der Waals surface area contributed by atoms with Crippen molar-refractivity contribution in [2.75, 3.05) is 6.54 Å². The average molecular weight is 231 g/mol. The molecule has 0 atom stereocenters. The fourth-order valence-corrected chi connectivity index (χ4v) is 1.50. The highest BCUT2D eigenvalue weighted by molar-refractivity contribution is 5.94. The number of carbonyl (C=O) groups excluding carboxylic acids is 1. The first kappa shape index (κ1) is 11.3. The summed E-state index contributed by atoms with van der Waals surface area (Å²) in [7, 11) is 0. The molecule has 0 bridgehead atoms. The zero-order chi connectivity index (χ0) is 12.1. The van der Waals surface area contributed by atoms with E-state index in [4.69, 9.17) is 4.42 Å². The normalized spacial score (nSPS) is 10.1. The van der Waals surface area contributed by atoms with Crippen molar-refractivity contribution in [1.29, 1.82) is 0 Å². The Labute approximate surface area is 98.9 Å². The SMILES string of the molecule is O=C(NCCc1ccco1)c1cccc(O)c1. The maximum Gasteiger partial charge on any atom is 0.251 e. The number of hydrogen-bond donors (Lipinski definition) is 2. The van der Waals surface area contributed by atoms with Gasteiger partial charge in [0.1, 0.15) is 11.5 Å². The number of phenolic OH excluding ortho intramolecular Hbond substituents is 1. The Morgan fingerprint density at radius 1 is 1.29 bits per heavy atom. The van der Waals surface area contributed by atoms with Crippen LogP contribution >= 0.6 is 0 Å². The van der Waals surface area contributed by atoms with Crippen LogP contribution in [0.1, 0.15) is 16.1 Å². The van der Waals surface area contributed by atoms with Gasteiger partial charge in [-0.25, -0.2) is 0 Å². The van der Waals surface area contributed by atoms with E-state index in [9.17, 15) is 9.90 Å². The Kier molecular flexibility index (Phi) is 3.45. The van der Waals surface area contributed by atoms with Crippen molar-refractivity contribution in [1.82, 2.24) is 5.32 Å². The van der Waals surface area contributed by atoms with Crippen LogP contribution < -0.4 is 5.32 Å². The van der Waals surface area contributed by atoms with Gasteiger partial charge >= 0.3 is 0 Å². The number of furan rings is 1. The van der Waals surface area contributed by atoms with Gasteiger partial charge in [0.25, 0.3) is 5.91 Å². The van der Waals surface area contributed by atoms with Crippen molar-refractivity contribution in [2.24, 2.45) is 0 Å². The number of amides is 1. The van der Waals surface area contributed by atoms with Crippen molar-refractivity contribution in [3.63, 3.8) is 0 Å². The van der Waals surface area contributed by atoms with Gasteiger partial charge in [-0.3, -0.25) is 4.79 Å². The number of hydrogen-bond acceptors (Lipinski definition) is 3. The third-order valence-corrected chi connectivity index (χ3v) is 2.35. The molecule has 0 aliphatic rings. The zero-order valence-electron chi connectivity index (χ0n) is 9.22. The quantitative estimate of drug-likeness (QED) is 0.845. The summed E-state index contributed by atoms with van der Waals surface area (Å²) in [5.74, 6) is 0.720. The summed E-state index contributed by atoms with van der Waals surface area (Å²) in [4.78, 5) is 11.7. The minimum Gasteiger partial charge on any atom is -0.508 e. The minimum atomic E-state index is -0.201. The number of rotatable bonds is 4. The molecular weight excluding hydrogens is 218 g/mol. The third-order valence-electron chi connectivity index (χ3n) is 2.35. The lowest BCUT2D eigenvalue weighted by Gasteiger charge is -2.04. The van der Waals surface area contributed by atoms with Gasteiger partial charge in [-0.2, -0.15) is 0 Å². The summed E-state index contributed by atoms with van der Waals surface area (Å²) >= 11 is 0.